The van der Waals surface area contributed by atoms with Gasteiger partial charge in [0.1, 0.15) is 11.6 Å². The minimum atomic E-state index is -1.77. The van der Waals surface area contributed by atoms with Gasteiger partial charge in [-0.15, -0.1) is 0 Å². The van der Waals surface area contributed by atoms with Gasteiger partial charge in [0, 0.05) is 19.3 Å². The molecule has 2 atom stereocenters. The molecule has 0 bridgehead atoms. The average Bonchev–Trinajstić information content (AvgIpc) is 2.83. The number of carboxylic acids is 1. The number of hydrogen-bond donors (Lipinski definition) is 2. The van der Waals surface area contributed by atoms with Crippen LogP contribution in [0, 0.1) is 16.7 Å². The largest absolute Gasteiger partial charge is 0.480 e. The molecule has 3 N–H and O–H groups in total. The number of esters is 3. The highest BCUT2D eigenvalue weighted by Crippen LogP contribution is 2.35. The lowest BCUT2D eigenvalue weighted by molar-refractivity contribution is -0.153. The molecule has 0 heterocycles. The van der Waals surface area contributed by atoms with Crippen molar-refractivity contribution in [1.29, 1.82) is 0 Å². The first-order chi connectivity index (χ1) is 17.9. The van der Waals surface area contributed by atoms with E-state index in [-0.39, 0.29) is 30.8 Å². The van der Waals surface area contributed by atoms with Gasteiger partial charge in [-0.05, 0) is 77.5 Å². The van der Waals surface area contributed by atoms with Gasteiger partial charge < -0.3 is 25.1 Å². The molecule has 1 unspecified atom stereocenters. The van der Waals surface area contributed by atoms with Gasteiger partial charge in [0.25, 0.3) is 0 Å². The topological polar surface area (TPSA) is 142 Å². The number of hydrogen-bond acceptors (Lipinski definition) is 8. The molecule has 0 radical (unpaired) electrons. The monoisotopic (exact) mass is 549 g/mol. The molecule has 220 valence electrons. The van der Waals surface area contributed by atoms with E-state index in [2.05, 4.69) is 0 Å². The number of nitrogens with two attached hydrogens (primary N) is 1. The van der Waals surface area contributed by atoms with E-state index in [0.29, 0.717) is 30.7 Å². The van der Waals surface area contributed by atoms with E-state index in [9.17, 15) is 24.3 Å². The van der Waals surface area contributed by atoms with Crippen LogP contribution in [0.3, 0.4) is 0 Å². The molecular formula is C30H47NO8. The molecule has 1 aromatic rings. The van der Waals surface area contributed by atoms with Crippen LogP contribution in [0.4, 0.5) is 0 Å². The fraction of sp³-hybridized carbons (Fsp3) is 0.667. The Balaban J connectivity index is 3.28. The lowest BCUT2D eigenvalue weighted by Crippen LogP contribution is -2.52. The van der Waals surface area contributed by atoms with Gasteiger partial charge >= 0.3 is 23.9 Å². The number of ether oxygens (including phenoxy) is 3. The number of aliphatic carboxylic acids is 1. The zero-order valence-corrected chi connectivity index (χ0v) is 25.0. The molecule has 0 amide bonds. The van der Waals surface area contributed by atoms with Crippen LogP contribution in [0.2, 0.25) is 0 Å². The van der Waals surface area contributed by atoms with Crippen LogP contribution in [-0.4, -0.2) is 40.6 Å². The molecule has 39 heavy (non-hydrogen) atoms. The van der Waals surface area contributed by atoms with Crippen molar-refractivity contribution < 1.29 is 38.5 Å². The minimum Gasteiger partial charge on any atom is -0.480 e. The second kappa shape index (κ2) is 13.9. The predicted molar refractivity (Wildman–Crippen MR) is 148 cm³/mol. The number of benzene rings is 1. The standard InChI is InChI=1S/C30H47NO8/c1-10-28(6,7)26(35)38-22-14-13-21(16-23(22)39-27(36)29(8,9)11-2)18-30(31,25(33)34)17-20(5)37-24(32)15-12-19(3)4/h13-14,16,19-20H,10-12,15,17-18,31H2,1-9H3,(H,33,34)/t20-,30?/m0/s1. The Bertz CT molecular complexity index is 1030. The predicted octanol–water partition coefficient (Wildman–Crippen LogP) is 5.45. The molecule has 0 fully saturated rings. The highest BCUT2D eigenvalue weighted by Gasteiger charge is 2.38. The molecular weight excluding hydrogens is 502 g/mol. The van der Waals surface area contributed by atoms with Gasteiger partial charge in [-0.25, -0.2) is 0 Å². The Morgan fingerprint density at radius 3 is 1.87 bits per heavy atom. The molecule has 9 nitrogen and oxygen atoms in total. The summed E-state index contributed by atoms with van der Waals surface area (Å²) in [6, 6.07) is 4.51. The number of rotatable bonds is 15. The summed E-state index contributed by atoms with van der Waals surface area (Å²) in [6.45, 7) is 16.3. The Morgan fingerprint density at radius 2 is 1.41 bits per heavy atom. The van der Waals surface area contributed by atoms with E-state index < -0.39 is 46.4 Å². The molecule has 0 aromatic heterocycles. The molecule has 0 aliphatic carbocycles. The average molecular weight is 550 g/mol. The van der Waals surface area contributed by atoms with Gasteiger partial charge in [-0.3, -0.25) is 19.2 Å². The number of carboxylic acid groups (broad SMARTS) is 1. The smallest absolute Gasteiger partial charge is 0.324 e. The molecule has 9 heteroatoms. The van der Waals surface area contributed by atoms with Gasteiger partial charge in [0.2, 0.25) is 0 Å². The summed E-state index contributed by atoms with van der Waals surface area (Å²) in [5.74, 6) is -2.29. The summed E-state index contributed by atoms with van der Waals surface area (Å²) in [4.78, 5) is 50.0. The van der Waals surface area contributed by atoms with Gasteiger partial charge in [-0.1, -0.05) is 33.8 Å². The highest BCUT2D eigenvalue weighted by molar-refractivity contribution is 5.82. The third kappa shape index (κ3) is 10.3. The van der Waals surface area contributed by atoms with Crippen LogP contribution in [0.5, 0.6) is 11.5 Å². The van der Waals surface area contributed by atoms with Gasteiger partial charge in [0.15, 0.2) is 11.5 Å². The lowest BCUT2D eigenvalue weighted by atomic mass is 9.86. The van der Waals surface area contributed by atoms with Crippen molar-refractivity contribution in [1.82, 2.24) is 0 Å². The molecule has 0 aliphatic heterocycles. The SMILES string of the molecule is CCC(C)(C)C(=O)Oc1ccc(CC(N)(C[C@H](C)OC(=O)CCC(C)C)C(=O)O)cc1OC(=O)C(C)(C)CC. The van der Waals surface area contributed by atoms with Crippen LogP contribution in [0.1, 0.15) is 100.0 Å². The Morgan fingerprint density at radius 1 is 0.897 bits per heavy atom. The fourth-order valence-electron chi connectivity index (χ4n) is 3.44. The first-order valence-corrected chi connectivity index (χ1v) is 13.7. The van der Waals surface area contributed by atoms with Crippen molar-refractivity contribution in [3.8, 4) is 11.5 Å². The third-order valence-electron chi connectivity index (χ3n) is 7.14. The Hall–Kier alpha value is -2.94. The lowest BCUT2D eigenvalue weighted by Gasteiger charge is -2.28. The molecule has 0 saturated heterocycles. The Labute approximate surface area is 232 Å². The fourth-order valence-corrected chi connectivity index (χ4v) is 3.44. The quantitative estimate of drug-likeness (QED) is 0.215. The molecule has 1 aromatic carbocycles. The summed E-state index contributed by atoms with van der Waals surface area (Å²) in [6.07, 6.45) is 0.955. The van der Waals surface area contributed by atoms with Gasteiger partial charge in [-0.2, -0.15) is 0 Å². The summed E-state index contributed by atoms with van der Waals surface area (Å²) < 4.78 is 16.7. The van der Waals surface area contributed by atoms with E-state index in [4.69, 9.17) is 19.9 Å². The third-order valence-corrected chi connectivity index (χ3v) is 7.14. The second-order valence-electron chi connectivity index (χ2n) is 12.1. The van der Waals surface area contributed by atoms with E-state index >= 15 is 0 Å². The number of carbonyl (C=O) groups is 4. The van der Waals surface area contributed by atoms with Crippen molar-refractivity contribution in [2.75, 3.05) is 0 Å². The summed E-state index contributed by atoms with van der Waals surface area (Å²) in [5, 5.41) is 9.98. The van der Waals surface area contributed by atoms with Crippen LogP contribution in [0.15, 0.2) is 18.2 Å². The zero-order chi connectivity index (χ0) is 30.2. The molecule has 1 rings (SSSR count). The van der Waals surface area contributed by atoms with Crippen molar-refractivity contribution in [3.05, 3.63) is 23.8 Å². The normalized spacial score (nSPS) is 14.3. The zero-order valence-electron chi connectivity index (χ0n) is 25.0. The van der Waals surface area contributed by atoms with Gasteiger partial charge in [0.05, 0.1) is 10.8 Å². The molecule has 0 aliphatic rings. The molecule has 0 saturated carbocycles. The summed E-state index contributed by atoms with van der Waals surface area (Å²) in [7, 11) is 0. The van der Waals surface area contributed by atoms with Crippen molar-refractivity contribution in [3.63, 3.8) is 0 Å². The molecule has 0 spiro atoms. The van der Waals surface area contributed by atoms with Crippen LogP contribution in [-0.2, 0) is 30.3 Å². The number of carbonyl (C=O) groups excluding carboxylic acids is 3. The summed E-state index contributed by atoms with van der Waals surface area (Å²) >= 11 is 0. The first-order valence-electron chi connectivity index (χ1n) is 13.7. The van der Waals surface area contributed by atoms with E-state index in [0.717, 1.165) is 0 Å². The van der Waals surface area contributed by atoms with Crippen molar-refractivity contribution in [2.45, 2.75) is 112 Å². The van der Waals surface area contributed by atoms with Crippen molar-refractivity contribution >= 4 is 23.9 Å². The maximum absolute atomic E-state index is 12.9. The van der Waals surface area contributed by atoms with Crippen LogP contribution in [0.25, 0.3) is 0 Å². The highest BCUT2D eigenvalue weighted by atomic mass is 16.6. The second-order valence-corrected chi connectivity index (χ2v) is 12.1. The van der Waals surface area contributed by atoms with Crippen LogP contribution >= 0.6 is 0 Å². The van der Waals surface area contributed by atoms with E-state index in [1.165, 1.54) is 12.1 Å². The Kier molecular flexibility index (Phi) is 12.2. The maximum Gasteiger partial charge on any atom is 0.324 e. The van der Waals surface area contributed by atoms with Crippen LogP contribution < -0.4 is 15.2 Å². The minimum absolute atomic E-state index is 0.000165. The first kappa shape index (κ1) is 34.1. The van der Waals surface area contributed by atoms with Crippen molar-refractivity contribution in [2.24, 2.45) is 22.5 Å². The maximum atomic E-state index is 12.9. The van der Waals surface area contributed by atoms with E-state index in [1.54, 1.807) is 40.7 Å². The van der Waals surface area contributed by atoms with E-state index in [1.807, 2.05) is 27.7 Å². The summed E-state index contributed by atoms with van der Waals surface area (Å²) in [5.41, 5.74) is 3.44.